The average Bonchev–Trinajstić information content (AvgIpc) is 2.84. The predicted octanol–water partition coefficient (Wildman–Crippen LogP) is 4.89. The number of nitrogens with zero attached hydrogens (tertiary/aromatic N) is 2. The van der Waals surface area contributed by atoms with Gasteiger partial charge in [0.1, 0.15) is 5.70 Å². The number of aryl methyl sites for hydroxylation is 1. The van der Waals surface area contributed by atoms with E-state index >= 15 is 0 Å². The molecule has 0 saturated carbocycles. The van der Waals surface area contributed by atoms with E-state index in [1.54, 1.807) is 36.6 Å². The van der Waals surface area contributed by atoms with E-state index in [1.807, 2.05) is 67.5 Å². The number of carbonyl (C=O) groups excluding carboxylic acids is 2. The van der Waals surface area contributed by atoms with Crippen LogP contribution in [0.1, 0.15) is 34.0 Å². The number of benzene rings is 3. The third kappa shape index (κ3) is 6.80. The van der Waals surface area contributed by atoms with Crippen molar-refractivity contribution in [2.45, 2.75) is 13.3 Å². The second-order valence-corrected chi connectivity index (χ2v) is 8.18. The molecule has 34 heavy (non-hydrogen) atoms. The van der Waals surface area contributed by atoms with Gasteiger partial charge in [-0.15, -0.1) is 0 Å². The highest BCUT2D eigenvalue weighted by molar-refractivity contribution is 6.34. The Morgan fingerprint density at radius 2 is 1.59 bits per heavy atom. The van der Waals surface area contributed by atoms with Crippen LogP contribution in [0.2, 0.25) is 5.02 Å². The summed E-state index contributed by atoms with van der Waals surface area (Å²) in [6.07, 6.45) is 4.09. The monoisotopic (exact) mass is 474 g/mol. The van der Waals surface area contributed by atoms with Gasteiger partial charge in [-0.25, -0.2) is 5.43 Å². The van der Waals surface area contributed by atoms with Crippen LogP contribution >= 0.6 is 11.6 Å². The maximum Gasteiger partial charge on any atom is 0.287 e. The Balaban J connectivity index is 1.82. The zero-order valence-electron chi connectivity index (χ0n) is 19.4. The molecule has 0 bridgehead atoms. The quantitative estimate of drug-likeness (QED) is 0.277. The molecule has 0 saturated heterocycles. The first-order chi connectivity index (χ1) is 16.4. The molecule has 174 valence electrons. The van der Waals surface area contributed by atoms with Gasteiger partial charge in [0.15, 0.2) is 0 Å². The van der Waals surface area contributed by atoms with E-state index in [0.29, 0.717) is 5.02 Å². The van der Waals surface area contributed by atoms with Gasteiger partial charge in [0.2, 0.25) is 0 Å². The zero-order valence-corrected chi connectivity index (χ0v) is 20.1. The number of hydrogen-bond donors (Lipinski definition) is 2. The summed E-state index contributed by atoms with van der Waals surface area (Å²) in [7, 11) is 3.89. The fourth-order valence-electron chi connectivity index (χ4n) is 3.09. The minimum Gasteiger partial charge on any atom is -0.378 e. The molecule has 3 aromatic rings. The van der Waals surface area contributed by atoms with Crippen LogP contribution in [-0.4, -0.2) is 32.1 Å². The Bertz CT molecular complexity index is 1200. The summed E-state index contributed by atoms with van der Waals surface area (Å²) in [6.45, 7) is 2.09. The molecule has 0 aromatic heterocycles. The molecular formula is C27H27ClN4O2. The van der Waals surface area contributed by atoms with E-state index in [-0.39, 0.29) is 11.3 Å². The fraction of sp³-hybridized carbons (Fsp3) is 0.148. The molecule has 7 heteroatoms. The molecule has 6 nitrogen and oxygen atoms in total. The molecular weight excluding hydrogens is 448 g/mol. The van der Waals surface area contributed by atoms with Gasteiger partial charge in [0.25, 0.3) is 11.8 Å². The molecule has 0 heterocycles. The molecule has 3 rings (SSSR count). The third-order valence-corrected chi connectivity index (χ3v) is 5.43. The van der Waals surface area contributed by atoms with E-state index in [4.69, 9.17) is 11.6 Å². The number of amides is 2. The maximum atomic E-state index is 12.9. The lowest BCUT2D eigenvalue weighted by Crippen LogP contribution is -2.33. The van der Waals surface area contributed by atoms with Crippen molar-refractivity contribution >= 4 is 41.4 Å². The highest BCUT2D eigenvalue weighted by Crippen LogP contribution is 2.17. The summed E-state index contributed by atoms with van der Waals surface area (Å²) < 4.78 is 0. The fourth-order valence-corrected chi connectivity index (χ4v) is 3.32. The number of hydrazone groups is 1. The van der Waals surface area contributed by atoms with Crippen LogP contribution in [0.4, 0.5) is 5.69 Å². The molecule has 0 aliphatic heterocycles. The van der Waals surface area contributed by atoms with Crippen LogP contribution < -0.4 is 15.6 Å². The molecule has 0 aliphatic carbocycles. The van der Waals surface area contributed by atoms with Gasteiger partial charge >= 0.3 is 0 Å². The molecule has 2 N–H and O–H groups in total. The lowest BCUT2D eigenvalue weighted by atomic mass is 10.1. The van der Waals surface area contributed by atoms with Crippen LogP contribution in [0.3, 0.4) is 0 Å². The van der Waals surface area contributed by atoms with E-state index in [9.17, 15) is 9.59 Å². The highest BCUT2D eigenvalue weighted by atomic mass is 35.5. The van der Waals surface area contributed by atoms with Crippen LogP contribution in [0, 0.1) is 0 Å². The largest absolute Gasteiger partial charge is 0.378 e. The summed E-state index contributed by atoms with van der Waals surface area (Å²) in [5, 5.41) is 7.00. The standard InChI is InChI=1S/C27H27ClN4O2/c1-4-19-9-11-21(12-10-19)18-29-31-27(34)25(17-20-13-15-22(16-14-20)32(2)3)30-26(33)23-7-5-6-8-24(23)28/h5-18H,4H2,1-3H3,(H,30,33)(H,31,34). The Morgan fingerprint density at radius 3 is 2.21 bits per heavy atom. The van der Waals surface area contributed by atoms with Crippen molar-refractivity contribution in [3.63, 3.8) is 0 Å². The van der Waals surface area contributed by atoms with Crippen LogP contribution in [0.5, 0.6) is 0 Å². The number of rotatable bonds is 8. The smallest absolute Gasteiger partial charge is 0.287 e. The molecule has 0 spiro atoms. The molecule has 2 amide bonds. The number of halogens is 1. The second-order valence-electron chi connectivity index (χ2n) is 7.77. The molecule has 3 aromatic carbocycles. The number of carbonyl (C=O) groups is 2. The summed E-state index contributed by atoms with van der Waals surface area (Å²) in [5.74, 6) is -1.05. The minimum atomic E-state index is -0.557. The molecule has 0 aliphatic rings. The normalized spacial score (nSPS) is 11.4. The first kappa shape index (κ1) is 24.7. The Morgan fingerprint density at radius 1 is 0.941 bits per heavy atom. The van der Waals surface area contributed by atoms with Gasteiger partial charge in [-0.3, -0.25) is 9.59 Å². The van der Waals surface area contributed by atoms with Crippen molar-refractivity contribution in [1.29, 1.82) is 0 Å². The summed E-state index contributed by atoms with van der Waals surface area (Å²) in [4.78, 5) is 27.7. The Labute approximate surface area is 204 Å². The van der Waals surface area contributed by atoms with Gasteiger partial charge in [-0.2, -0.15) is 5.10 Å². The van der Waals surface area contributed by atoms with Gasteiger partial charge in [0, 0.05) is 19.8 Å². The summed E-state index contributed by atoms with van der Waals surface area (Å²) >= 11 is 6.15. The lowest BCUT2D eigenvalue weighted by molar-refractivity contribution is -0.117. The predicted molar refractivity (Wildman–Crippen MR) is 139 cm³/mol. The van der Waals surface area contributed by atoms with Gasteiger partial charge in [-0.1, -0.05) is 67.1 Å². The topological polar surface area (TPSA) is 73.8 Å². The first-order valence-corrected chi connectivity index (χ1v) is 11.2. The van der Waals surface area contributed by atoms with Crippen molar-refractivity contribution in [3.8, 4) is 0 Å². The number of nitrogens with one attached hydrogen (secondary N) is 2. The Hall–Kier alpha value is -3.90. The van der Waals surface area contributed by atoms with Crippen LogP contribution in [0.25, 0.3) is 6.08 Å². The van der Waals surface area contributed by atoms with E-state index in [0.717, 1.165) is 23.2 Å². The van der Waals surface area contributed by atoms with E-state index in [1.165, 1.54) is 5.56 Å². The maximum absolute atomic E-state index is 12.9. The SMILES string of the molecule is CCc1ccc(C=NNC(=O)C(=Cc2ccc(N(C)C)cc2)NC(=O)c2ccccc2Cl)cc1. The summed E-state index contributed by atoms with van der Waals surface area (Å²) in [6, 6.07) is 22.1. The summed E-state index contributed by atoms with van der Waals surface area (Å²) in [5.41, 5.74) is 6.63. The molecule has 0 unspecified atom stereocenters. The van der Waals surface area contributed by atoms with Gasteiger partial charge < -0.3 is 10.2 Å². The van der Waals surface area contributed by atoms with E-state index < -0.39 is 11.8 Å². The van der Waals surface area contributed by atoms with Crippen molar-refractivity contribution in [2.75, 3.05) is 19.0 Å². The highest BCUT2D eigenvalue weighted by Gasteiger charge is 2.16. The third-order valence-electron chi connectivity index (χ3n) is 5.10. The second kappa shape index (κ2) is 11.8. The van der Waals surface area contributed by atoms with Gasteiger partial charge in [-0.05, 0) is 53.5 Å². The molecule has 0 fully saturated rings. The van der Waals surface area contributed by atoms with Crippen molar-refractivity contribution in [3.05, 3.63) is 106 Å². The first-order valence-electron chi connectivity index (χ1n) is 10.8. The van der Waals surface area contributed by atoms with Crippen molar-refractivity contribution in [1.82, 2.24) is 10.7 Å². The van der Waals surface area contributed by atoms with Gasteiger partial charge in [0.05, 0.1) is 16.8 Å². The zero-order chi connectivity index (χ0) is 24.5. The van der Waals surface area contributed by atoms with Crippen LogP contribution in [0.15, 0.2) is 83.6 Å². The van der Waals surface area contributed by atoms with Crippen LogP contribution in [-0.2, 0) is 11.2 Å². The average molecular weight is 475 g/mol. The number of hydrogen-bond acceptors (Lipinski definition) is 4. The van der Waals surface area contributed by atoms with Crippen molar-refractivity contribution in [2.24, 2.45) is 5.10 Å². The Kier molecular flexibility index (Phi) is 8.60. The number of anilines is 1. The van der Waals surface area contributed by atoms with Crippen molar-refractivity contribution < 1.29 is 9.59 Å². The molecule has 0 radical (unpaired) electrons. The lowest BCUT2D eigenvalue weighted by Gasteiger charge is -2.13. The molecule has 0 atom stereocenters. The van der Waals surface area contributed by atoms with E-state index in [2.05, 4.69) is 22.8 Å². The minimum absolute atomic E-state index is 0.0426.